The number of hydrogen-bond acceptors (Lipinski definition) is 5. The summed E-state index contributed by atoms with van der Waals surface area (Å²) in [5.74, 6) is 1.09. The number of para-hydroxylation sites is 2. The van der Waals surface area contributed by atoms with Crippen molar-refractivity contribution in [1.29, 1.82) is 0 Å². The number of carbonyl (C=O) groups is 1. The number of nitrogens with zero attached hydrogens (tertiary/aromatic N) is 1. The first-order valence-electron chi connectivity index (χ1n) is 8.58. The molecule has 0 aliphatic carbocycles. The fourth-order valence-corrected chi connectivity index (χ4v) is 3.05. The number of methoxy groups -OCH3 is 1. The zero-order chi connectivity index (χ0) is 17.6. The molecule has 6 nitrogen and oxygen atoms in total. The maximum Gasteiger partial charge on any atom is 0.255 e. The number of carbonyl (C=O) groups excluding carboxylic acids is 1. The van der Waals surface area contributed by atoms with Crippen LogP contribution in [0.1, 0.15) is 30.1 Å². The molecule has 1 amide bonds. The minimum atomic E-state index is -0.119. The maximum atomic E-state index is 12.8. The molecule has 0 radical (unpaired) electrons. The summed E-state index contributed by atoms with van der Waals surface area (Å²) in [7, 11) is 1.62. The Hall–Kier alpha value is -2.60. The average Bonchev–Trinajstić information content (AvgIpc) is 2.64. The molecule has 1 fully saturated rings. The average molecular weight is 340 g/mol. The minimum absolute atomic E-state index is 0.119. The predicted molar refractivity (Wildman–Crippen MR) is 98.5 cm³/mol. The van der Waals surface area contributed by atoms with E-state index < -0.39 is 0 Å². The number of ether oxygens (including phenoxy) is 1. The van der Waals surface area contributed by atoms with Crippen molar-refractivity contribution in [3.8, 4) is 5.75 Å². The maximum absolute atomic E-state index is 12.8. The number of amides is 1. The highest BCUT2D eigenvalue weighted by atomic mass is 16.5. The van der Waals surface area contributed by atoms with Crippen LogP contribution in [0.5, 0.6) is 5.75 Å². The van der Waals surface area contributed by atoms with Crippen molar-refractivity contribution in [3.05, 3.63) is 48.2 Å². The first-order valence-corrected chi connectivity index (χ1v) is 8.58. The van der Waals surface area contributed by atoms with Gasteiger partial charge in [-0.2, -0.15) is 0 Å². The van der Waals surface area contributed by atoms with Gasteiger partial charge in [0.05, 0.1) is 18.4 Å². The van der Waals surface area contributed by atoms with Gasteiger partial charge >= 0.3 is 0 Å². The Kier molecular flexibility index (Phi) is 5.50. The second-order valence-electron chi connectivity index (χ2n) is 6.19. The SMILES string of the molecule is COc1ccccc1Nc1ncccc1C(=O)NC1CCCNC1C. The van der Waals surface area contributed by atoms with Crippen LogP contribution in [0, 0.1) is 0 Å². The van der Waals surface area contributed by atoms with Gasteiger partial charge in [-0.05, 0) is 50.6 Å². The van der Waals surface area contributed by atoms with E-state index in [4.69, 9.17) is 4.74 Å². The molecule has 1 saturated heterocycles. The summed E-state index contributed by atoms with van der Waals surface area (Å²) in [6, 6.07) is 11.5. The molecule has 0 bridgehead atoms. The molecule has 1 aromatic heterocycles. The van der Waals surface area contributed by atoms with E-state index >= 15 is 0 Å². The van der Waals surface area contributed by atoms with Crippen molar-refractivity contribution in [2.75, 3.05) is 19.0 Å². The van der Waals surface area contributed by atoms with Crippen molar-refractivity contribution in [2.45, 2.75) is 31.8 Å². The van der Waals surface area contributed by atoms with Crippen LogP contribution in [0.2, 0.25) is 0 Å². The quantitative estimate of drug-likeness (QED) is 0.780. The topological polar surface area (TPSA) is 75.3 Å². The van der Waals surface area contributed by atoms with Gasteiger partial charge in [0.2, 0.25) is 0 Å². The lowest BCUT2D eigenvalue weighted by Crippen LogP contribution is -2.52. The van der Waals surface area contributed by atoms with Crippen LogP contribution in [-0.2, 0) is 0 Å². The van der Waals surface area contributed by atoms with Gasteiger partial charge in [0, 0.05) is 18.3 Å². The highest BCUT2D eigenvalue weighted by Crippen LogP contribution is 2.27. The molecule has 132 valence electrons. The first-order chi connectivity index (χ1) is 12.2. The van der Waals surface area contributed by atoms with Crippen LogP contribution >= 0.6 is 0 Å². The van der Waals surface area contributed by atoms with E-state index in [1.807, 2.05) is 24.3 Å². The molecule has 2 heterocycles. The lowest BCUT2D eigenvalue weighted by molar-refractivity contribution is 0.0920. The third-order valence-electron chi connectivity index (χ3n) is 4.49. The smallest absolute Gasteiger partial charge is 0.255 e. The zero-order valence-electron chi connectivity index (χ0n) is 14.6. The molecule has 3 rings (SSSR count). The summed E-state index contributed by atoms with van der Waals surface area (Å²) in [4.78, 5) is 17.1. The molecule has 0 spiro atoms. The van der Waals surface area contributed by atoms with Crippen molar-refractivity contribution in [1.82, 2.24) is 15.6 Å². The normalized spacial score (nSPS) is 19.9. The van der Waals surface area contributed by atoms with E-state index in [2.05, 4.69) is 27.9 Å². The number of pyridine rings is 1. The van der Waals surface area contributed by atoms with E-state index in [0.29, 0.717) is 17.1 Å². The fraction of sp³-hybridized carbons (Fsp3) is 0.368. The molecular formula is C19H24N4O2. The molecule has 1 aliphatic rings. The first kappa shape index (κ1) is 17.2. The molecule has 6 heteroatoms. The van der Waals surface area contributed by atoms with Gasteiger partial charge in [-0.3, -0.25) is 4.79 Å². The van der Waals surface area contributed by atoms with Crippen LogP contribution in [0.25, 0.3) is 0 Å². The minimum Gasteiger partial charge on any atom is -0.495 e. The van der Waals surface area contributed by atoms with Gasteiger partial charge in [0.1, 0.15) is 11.6 Å². The van der Waals surface area contributed by atoms with Gasteiger partial charge in [-0.15, -0.1) is 0 Å². The molecule has 2 unspecified atom stereocenters. The summed E-state index contributed by atoms with van der Waals surface area (Å²) in [5.41, 5.74) is 1.29. The van der Waals surface area contributed by atoms with Crippen molar-refractivity contribution < 1.29 is 9.53 Å². The summed E-state index contributed by atoms with van der Waals surface area (Å²) >= 11 is 0. The second kappa shape index (κ2) is 7.98. The zero-order valence-corrected chi connectivity index (χ0v) is 14.6. The van der Waals surface area contributed by atoms with E-state index in [0.717, 1.165) is 25.1 Å². The summed E-state index contributed by atoms with van der Waals surface area (Å²) < 4.78 is 5.35. The Morgan fingerprint density at radius 2 is 2.12 bits per heavy atom. The van der Waals surface area contributed by atoms with E-state index in [1.165, 1.54) is 0 Å². The van der Waals surface area contributed by atoms with E-state index in [1.54, 1.807) is 25.4 Å². The molecule has 1 aromatic carbocycles. The molecule has 3 N–H and O–H groups in total. The molecule has 2 atom stereocenters. The van der Waals surface area contributed by atoms with Gasteiger partial charge in [0.15, 0.2) is 0 Å². The number of benzene rings is 1. The Morgan fingerprint density at radius 1 is 1.28 bits per heavy atom. The van der Waals surface area contributed by atoms with Crippen molar-refractivity contribution in [3.63, 3.8) is 0 Å². The van der Waals surface area contributed by atoms with Gasteiger partial charge < -0.3 is 20.7 Å². The standard InChI is InChI=1S/C19H24N4O2/c1-13-15(9-6-11-20-13)23-19(24)14-7-5-12-21-18(14)22-16-8-3-4-10-17(16)25-2/h3-5,7-8,10,12-13,15,20H,6,9,11H2,1-2H3,(H,21,22)(H,23,24). The predicted octanol–water partition coefficient (Wildman–Crippen LogP) is 2.70. The van der Waals surface area contributed by atoms with Crippen LogP contribution in [0.15, 0.2) is 42.6 Å². The number of aromatic nitrogens is 1. The number of rotatable bonds is 5. The molecule has 25 heavy (non-hydrogen) atoms. The lowest BCUT2D eigenvalue weighted by atomic mass is 9.99. The van der Waals surface area contributed by atoms with Gasteiger partial charge in [-0.1, -0.05) is 12.1 Å². The van der Waals surface area contributed by atoms with Crippen molar-refractivity contribution >= 4 is 17.4 Å². The molecule has 2 aromatic rings. The lowest BCUT2D eigenvalue weighted by Gasteiger charge is -2.30. The Balaban J connectivity index is 1.79. The van der Waals surface area contributed by atoms with Crippen LogP contribution in [0.3, 0.4) is 0 Å². The summed E-state index contributed by atoms with van der Waals surface area (Å²) in [6.45, 7) is 3.10. The molecule has 1 aliphatic heterocycles. The Bertz CT molecular complexity index is 735. The van der Waals surface area contributed by atoms with Gasteiger partial charge in [0.25, 0.3) is 5.91 Å². The van der Waals surface area contributed by atoms with E-state index in [-0.39, 0.29) is 18.0 Å². The largest absolute Gasteiger partial charge is 0.495 e. The highest BCUT2D eigenvalue weighted by Gasteiger charge is 2.24. The number of nitrogens with one attached hydrogen (secondary N) is 3. The van der Waals surface area contributed by atoms with Crippen molar-refractivity contribution in [2.24, 2.45) is 0 Å². The Morgan fingerprint density at radius 3 is 2.92 bits per heavy atom. The van der Waals surface area contributed by atoms with E-state index in [9.17, 15) is 4.79 Å². The third-order valence-corrected chi connectivity index (χ3v) is 4.49. The fourth-order valence-electron chi connectivity index (χ4n) is 3.05. The van der Waals surface area contributed by atoms with Crippen LogP contribution in [-0.4, -0.2) is 36.6 Å². The number of anilines is 2. The van der Waals surface area contributed by atoms with Gasteiger partial charge in [-0.25, -0.2) is 4.98 Å². The summed E-state index contributed by atoms with van der Waals surface area (Å²) in [5, 5.41) is 9.73. The third kappa shape index (κ3) is 4.09. The van der Waals surface area contributed by atoms with Crippen LogP contribution < -0.4 is 20.7 Å². The monoisotopic (exact) mass is 340 g/mol. The number of piperidine rings is 1. The number of hydrogen-bond donors (Lipinski definition) is 3. The Labute approximate surface area is 148 Å². The second-order valence-corrected chi connectivity index (χ2v) is 6.19. The molecular weight excluding hydrogens is 316 g/mol. The summed E-state index contributed by atoms with van der Waals surface area (Å²) in [6.07, 6.45) is 3.71. The van der Waals surface area contributed by atoms with Crippen LogP contribution in [0.4, 0.5) is 11.5 Å². The highest BCUT2D eigenvalue weighted by molar-refractivity contribution is 5.99. The molecule has 0 saturated carbocycles.